The SMILES string of the molecule is CC1CCCC1C(=O)NCC1(C(=O)O)CCCC1. The third kappa shape index (κ3) is 2.52. The third-order valence-electron chi connectivity index (χ3n) is 4.81. The van der Waals surface area contributed by atoms with Gasteiger partial charge in [0.2, 0.25) is 5.91 Å². The van der Waals surface area contributed by atoms with Crippen molar-refractivity contribution in [1.82, 2.24) is 5.32 Å². The van der Waals surface area contributed by atoms with Crippen molar-refractivity contribution in [3.8, 4) is 0 Å². The van der Waals surface area contributed by atoms with Crippen LogP contribution < -0.4 is 5.32 Å². The van der Waals surface area contributed by atoms with Gasteiger partial charge in [-0.05, 0) is 31.6 Å². The Labute approximate surface area is 108 Å². The molecule has 2 rings (SSSR count). The van der Waals surface area contributed by atoms with Crippen LogP contribution in [-0.4, -0.2) is 23.5 Å². The van der Waals surface area contributed by atoms with Gasteiger partial charge in [0.1, 0.15) is 0 Å². The molecule has 2 saturated carbocycles. The second-order valence-electron chi connectivity index (χ2n) is 6.03. The van der Waals surface area contributed by atoms with Gasteiger partial charge >= 0.3 is 5.97 Å². The first kappa shape index (κ1) is 13.4. The molecule has 18 heavy (non-hydrogen) atoms. The molecule has 2 aliphatic rings. The van der Waals surface area contributed by atoms with Crippen molar-refractivity contribution >= 4 is 11.9 Å². The first-order valence-electron chi connectivity index (χ1n) is 7.06. The number of carboxylic acid groups (broad SMARTS) is 1. The number of carbonyl (C=O) groups excluding carboxylic acids is 1. The van der Waals surface area contributed by atoms with Crippen LogP contribution in [0.25, 0.3) is 0 Å². The Morgan fingerprint density at radius 2 is 1.89 bits per heavy atom. The summed E-state index contributed by atoms with van der Waals surface area (Å²) in [5, 5.41) is 12.2. The van der Waals surface area contributed by atoms with Crippen LogP contribution in [-0.2, 0) is 9.59 Å². The Balaban J connectivity index is 1.90. The van der Waals surface area contributed by atoms with E-state index in [2.05, 4.69) is 12.2 Å². The first-order valence-corrected chi connectivity index (χ1v) is 7.06. The Morgan fingerprint density at radius 3 is 2.39 bits per heavy atom. The summed E-state index contributed by atoms with van der Waals surface area (Å²) in [5.41, 5.74) is -0.697. The lowest BCUT2D eigenvalue weighted by atomic mass is 9.86. The largest absolute Gasteiger partial charge is 0.481 e. The molecule has 2 unspecified atom stereocenters. The topological polar surface area (TPSA) is 66.4 Å². The quantitative estimate of drug-likeness (QED) is 0.807. The smallest absolute Gasteiger partial charge is 0.311 e. The van der Waals surface area contributed by atoms with Crippen LogP contribution in [0.1, 0.15) is 51.9 Å². The van der Waals surface area contributed by atoms with Crippen LogP contribution in [0, 0.1) is 17.3 Å². The third-order valence-corrected chi connectivity index (χ3v) is 4.81. The minimum Gasteiger partial charge on any atom is -0.481 e. The summed E-state index contributed by atoms with van der Waals surface area (Å²) in [6, 6.07) is 0. The fourth-order valence-electron chi connectivity index (χ4n) is 3.44. The maximum Gasteiger partial charge on any atom is 0.311 e. The zero-order valence-electron chi connectivity index (χ0n) is 11.1. The van der Waals surface area contributed by atoms with Gasteiger partial charge in [0.25, 0.3) is 0 Å². The monoisotopic (exact) mass is 253 g/mol. The second-order valence-corrected chi connectivity index (χ2v) is 6.03. The highest BCUT2D eigenvalue weighted by Crippen LogP contribution is 2.38. The molecule has 2 atom stereocenters. The minimum absolute atomic E-state index is 0.0625. The molecule has 0 aromatic heterocycles. The van der Waals surface area contributed by atoms with Crippen LogP contribution in [0.2, 0.25) is 0 Å². The maximum atomic E-state index is 12.1. The van der Waals surface area contributed by atoms with Crippen molar-refractivity contribution in [1.29, 1.82) is 0 Å². The molecule has 0 aromatic carbocycles. The normalized spacial score (nSPS) is 30.3. The number of hydrogen-bond donors (Lipinski definition) is 2. The Hall–Kier alpha value is -1.06. The van der Waals surface area contributed by atoms with Crippen molar-refractivity contribution in [3.05, 3.63) is 0 Å². The zero-order valence-corrected chi connectivity index (χ0v) is 11.1. The van der Waals surface area contributed by atoms with E-state index in [0.717, 1.165) is 32.1 Å². The van der Waals surface area contributed by atoms with E-state index >= 15 is 0 Å². The molecule has 0 radical (unpaired) electrons. The molecule has 0 aromatic rings. The van der Waals surface area contributed by atoms with Crippen molar-refractivity contribution in [2.75, 3.05) is 6.54 Å². The molecule has 1 amide bonds. The molecular weight excluding hydrogens is 230 g/mol. The number of carbonyl (C=O) groups is 2. The van der Waals surface area contributed by atoms with Gasteiger partial charge in [-0.2, -0.15) is 0 Å². The predicted molar refractivity (Wildman–Crippen MR) is 68.1 cm³/mol. The summed E-state index contributed by atoms with van der Waals surface area (Å²) in [4.78, 5) is 23.4. The molecule has 4 nitrogen and oxygen atoms in total. The maximum absolute atomic E-state index is 12.1. The van der Waals surface area contributed by atoms with Crippen molar-refractivity contribution < 1.29 is 14.7 Å². The number of nitrogens with one attached hydrogen (secondary N) is 1. The molecular formula is C14H23NO3. The fraction of sp³-hybridized carbons (Fsp3) is 0.857. The van der Waals surface area contributed by atoms with Crippen LogP contribution in [0.5, 0.6) is 0 Å². The average Bonchev–Trinajstić information content (AvgIpc) is 2.95. The molecule has 102 valence electrons. The van der Waals surface area contributed by atoms with E-state index in [4.69, 9.17) is 0 Å². The van der Waals surface area contributed by atoms with Crippen LogP contribution >= 0.6 is 0 Å². The van der Waals surface area contributed by atoms with E-state index in [1.165, 1.54) is 0 Å². The summed E-state index contributed by atoms with van der Waals surface area (Å²) in [5.74, 6) is -0.154. The van der Waals surface area contributed by atoms with Crippen LogP contribution in [0.4, 0.5) is 0 Å². The molecule has 0 bridgehead atoms. The highest BCUT2D eigenvalue weighted by molar-refractivity contribution is 5.81. The number of carboxylic acids is 1. The second kappa shape index (κ2) is 5.29. The minimum atomic E-state index is -0.750. The van der Waals surface area contributed by atoms with Crippen LogP contribution in [0.3, 0.4) is 0 Å². The van der Waals surface area contributed by atoms with Gasteiger partial charge in [-0.15, -0.1) is 0 Å². The van der Waals surface area contributed by atoms with E-state index in [0.29, 0.717) is 25.3 Å². The molecule has 2 N–H and O–H groups in total. The van der Waals surface area contributed by atoms with Gasteiger partial charge in [-0.3, -0.25) is 9.59 Å². The lowest BCUT2D eigenvalue weighted by Gasteiger charge is -2.25. The summed E-state index contributed by atoms with van der Waals surface area (Å²) in [7, 11) is 0. The van der Waals surface area contributed by atoms with Gasteiger partial charge in [0.15, 0.2) is 0 Å². The van der Waals surface area contributed by atoms with Gasteiger partial charge in [-0.1, -0.05) is 26.2 Å². The molecule has 0 saturated heterocycles. The Kier molecular flexibility index (Phi) is 3.93. The molecule has 0 heterocycles. The van der Waals surface area contributed by atoms with Gasteiger partial charge in [0, 0.05) is 12.5 Å². The molecule has 0 spiro atoms. The Bertz CT molecular complexity index is 334. The number of hydrogen-bond acceptors (Lipinski definition) is 2. The van der Waals surface area contributed by atoms with Gasteiger partial charge in [-0.25, -0.2) is 0 Å². The number of rotatable bonds is 4. The zero-order chi connectivity index (χ0) is 13.2. The highest BCUT2D eigenvalue weighted by Gasteiger charge is 2.42. The van der Waals surface area contributed by atoms with E-state index < -0.39 is 11.4 Å². The first-order chi connectivity index (χ1) is 8.55. The Morgan fingerprint density at radius 1 is 1.22 bits per heavy atom. The summed E-state index contributed by atoms with van der Waals surface area (Å²) in [6.07, 6.45) is 6.49. The van der Waals surface area contributed by atoms with Crippen molar-refractivity contribution in [2.24, 2.45) is 17.3 Å². The van der Waals surface area contributed by atoms with E-state index in [-0.39, 0.29) is 11.8 Å². The van der Waals surface area contributed by atoms with E-state index in [1.54, 1.807) is 0 Å². The van der Waals surface area contributed by atoms with Gasteiger partial charge in [0.05, 0.1) is 5.41 Å². The molecule has 2 aliphatic carbocycles. The standard InChI is InChI=1S/C14H23NO3/c1-10-5-4-6-11(10)12(16)15-9-14(13(17)18)7-2-3-8-14/h10-11H,2-9H2,1H3,(H,15,16)(H,17,18). The number of amides is 1. The molecule has 0 aliphatic heterocycles. The summed E-state index contributed by atoms with van der Waals surface area (Å²) in [6.45, 7) is 2.42. The van der Waals surface area contributed by atoms with E-state index in [9.17, 15) is 14.7 Å². The van der Waals surface area contributed by atoms with Crippen molar-refractivity contribution in [2.45, 2.75) is 51.9 Å². The highest BCUT2D eigenvalue weighted by atomic mass is 16.4. The molecule has 2 fully saturated rings. The van der Waals surface area contributed by atoms with Crippen LogP contribution in [0.15, 0.2) is 0 Å². The van der Waals surface area contributed by atoms with Gasteiger partial charge < -0.3 is 10.4 Å². The molecule has 4 heteroatoms. The summed E-state index contributed by atoms with van der Waals surface area (Å²) < 4.78 is 0. The summed E-state index contributed by atoms with van der Waals surface area (Å²) >= 11 is 0. The van der Waals surface area contributed by atoms with E-state index in [1.807, 2.05) is 0 Å². The average molecular weight is 253 g/mol. The van der Waals surface area contributed by atoms with Crippen molar-refractivity contribution in [3.63, 3.8) is 0 Å². The predicted octanol–water partition coefficient (Wildman–Crippen LogP) is 2.18. The lowest BCUT2D eigenvalue weighted by molar-refractivity contribution is -0.148. The lowest BCUT2D eigenvalue weighted by Crippen LogP contribution is -2.43. The number of aliphatic carboxylic acids is 1. The fourth-order valence-corrected chi connectivity index (χ4v) is 3.44.